The smallest absolute Gasteiger partial charge is 0.237 e. The van der Waals surface area contributed by atoms with Gasteiger partial charge in [0.05, 0.1) is 5.25 Å². The highest BCUT2D eigenvalue weighted by atomic mass is 35.5. The van der Waals surface area contributed by atoms with Gasteiger partial charge < -0.3 is 5.32 Å². The molecule has 1 atom stereocenters. The van der Waals surface area contributed by atoms with Gasteiger partial charge in [0.25, 0.3) is 0 Å². The van der Waals surface area contributed by atoms with Crippen molar-refractivity contribution in [3.63, 3.8) is 0 Å². The first-order valence-electron chi connectivity index (χ1n) is 7.13. The van der Waals surface area contributed by atoms with Gasteiger partial charge in [-0.2, -0.15) is 0 Å². The van der Waals surface area contributed by atoms with Gasteiger partial charge in [0.15, 0.2) is 8.68 Å². The summed E-state index contributed by atoms with van der Waals surface area (Å²) in [6.07, 6.45) is 0. The first-order valence-corrected chi connectivity index (χ1v) is 10.2. The third kappa shape index (κ3) is 6.33. The summed E-state index contributed by atoms with van der Waals surface area (Å²) in [6, 6.07) is 7.11. The van der Waals surface area contributed by atoms with Crippen LogP contribution in [0.5, 0.6) is 0 Å². The second kappa shape index (κ2) is 8.92. The maximum atomic E-state index is 12.2. The van der Waals surface area contributed by atoms with Crippen LogP contribution in [0.15, 0.2) is 32.9 Å². The van der Waals surface area contributed by atoms with E-state index in [9.17, 15) is 4.79 Å². The molecule has 0 fully saturated rings. The number of nitrogens with zero attached hydrogens (tertiary/aromatic N) is 2. The topological polar surface area (TPSA) is 54.9 Å². The Kier molecular flexibility index (Phi) is 7.20. The molecule has 1 aromatic carbocycles. The molecule has 0 aliphatic heterocycles. The molecular formula is C15H18ClN3OS3. The zero-order chi connectivity index (χ0) is 16.8. The summed E-state index contributed by atoms with van der Waals surface area (Å²) in [5, 5.41) is 11.5. The van der Waals surface area contributed by atoms with Crippen LogP contribution in [0.4, 0.5) is 5.69 Å². The van der Waals surface area contributed by atoms with Crippen molar-refractivity contribution in [3.8, 4) is 0 Å². The number of halogens is 1. The Morgan fingerprint density at radius 2 is 2.04 bits per heavy atom. The summed E-state index contributed by atoms with van der Waals surface area (Å²) in [7, 11) is 0. The van der Waals surface area contributed by atoms with Crippen LogP contribution in [0.1, 0.15) is 20.8 Å². The molecule has 0 saturated heterocycles. The van der Waals surface area contributed by atoms with Gasteiger partial charge in [-0.25, -0.2) is 0 Å². The molecule has 0 radical (unpaired) electrons. The minimum atomic E-state index is -0.259. The lowest BCUT2D eigenvalue weighted by molar-refractivity contribution is -0.115. The lowest BCUT2D eigenvalue weighted by Crippen LogP contribution is -2.22. The van der Waals surface area contributed by atoms with Crippen LogP contribution in [0.3, 0.4) is 0 Å². The maximum absolute atomic E-state index is 12.2. The van der Waals surface area contributed by atoms with Gasteiger partial charge in [-0.05, 0) is 31.0 Å². The average Bonchev–Trinajstić information content (AvgIpc) is 2.92. The number of carbonyl (C=O) groups is 1. The Hall–Kier alpha value is -0.760. The van der Waals surface area contributed by atoms with Crippen LogP contribution in [0, 0.1) is 5.92 Å². The molecule has 2 aromatic rings. The van der Waals surface area contributed by atoms with E-state index in [0.717, 1.165) is 14.4 Å². The molecule has 124 valence electrons. The van der Waals surface area contributed by atoms with E-state index in [1.807, 2.05) is 13.0 Å². The van der Waals surface area contributed by atoms with Crippen molar-refractivity contribution in [2.24, 2.45) is 5.92 Å². The van der Waals surface area contributed by atoms with Crippen LogP contribution in [-0.2, 0) is 4.79 Å². The third-order valence-electron chi connectivity index (χ3n) is 2.67. The molecule has 0 saturated carbocycles. The molecule has 1 aromatic heterocycles. The van der Waals surface area contributed by atoms with Gasteiger partial charge in [-0.3, -0.25) is 4.79 Å². The van der Waals surface area contributed by atoms with Gasteiger partial charge in [0, 0.05) is 16.5 Å². The van der Waals surface area contributed by atoms with Crippen molar-refractivity contribution in [1.82, 2.24) is 10.2 Å². The fraction of sp³-hybridized carbons (Fsp3) is 0.400. The SMILES string of the molecule is CC(C)CSc1nnc(S[C@@H](C)C(=O)Nc2cccc(Cl)c2)s1. The monoisotopic (exact) mass is 387 g/mol. The van der Waals surface area contributed by atoms with Crippen LogP contribution in [0.25, 0.3) is 0 Å². The highest BCUT2D eigenvalue weighted by molar-refractivity contribution is 8.03. The maximum Gasteiger partial charge on any atom is 0.237 e. The largest absolute Gasteiger partial charge is 0.325 e. The molecule has 1 N–H and O–H groups in total. The van der Waals surface area contributed by atoms with Crippen molar-refractivity contribution in [2.45, 2.75) is 34.7 Å². The number of hydrogen-bond acceptors (Lipinski definition) is 6. The third-order valence-corrected chi connectivity index (χ3v) is 6.57. The molecule has 23 heavy (non-hydrogen) atoms. The van der Waals surface area contributed by atoms with Crippen LogP contribution >= 0.6 is 46.5 Å². The number of carbonyl (C=O) groups excluding carboxylic acids is 1. The van der Waals surface area contributed by atoms with Crippen molar-refractivity contribution < 1.29 is 4.79 Å². The number of aromatic nitrogens is 2. The van der Waals surface area contributed by atoms with E-state index in [1.54, 1.807) is 30.0 Å². The lowest BCUT2D eigenvalue weighted by Gasteiger charge is -2.10. The molecule has 0 aliphatic carbocycles. The number of hydrogen-bond donors (Lipinski definition) is 1. The van der Waals surface area contributed by atoms with Gasteiger partial charge in [0.2, 0.25) is 5.91 Å². The molecule has 8 heteroatoms. The van der Waals surface area contributed by atoms with E-state index in [2.05, 4.69) is 29.4 Å². The molecule has 1 amide bonds. The standard InChI is InChI=1S/C15H18ClN3OS3/c1-9(2)8-21-14-18-19-15(23-14)22-10(3)13(20)17-12-6-4-5-11(16)7-12/h4-7,9-10H,8H2,1-3H3,(H,17,20)/t10-/m0/s1. The Labute approximate surface area is 153 Å². The van der Waals surface area contributed by atoms with Gasteiger partial charge >= 0.3 is 0 Å². The van der Waals surface area contributed by atoms with Gasteiger partial charge in [-0.15, -0.1) is 10.2 Å². The summed E-state index contributed by atoms with van der Waals surface area (Å²) >= 11 is 10.6. The van der Waals surface area contributed by atoms with Crippen LogP contribution in [0.2, 0.25) is 5.02 Å². The van der Waals surface area contributed by atoms with Crippen molar-refractivity contribution in [3.05, 3.63) is 29.3 Å². The molecule has 1 heterocycles. The number of benzene rings is 1. The quantitative estimate of drug-likeness (QED) is 0.673. The van der Waals surface area contributed by atoms with Gasteiger partial charge in [0.1, 0.15) is 0 Å². The predicted octanol–water partition coefficient (Wildman–Crippen LogP) is 5.06. The first-order chi connectivity index (χ1) is 10.9. The Bertz CT molecular complexity index is 663. The number of nitrogens with one attached hydrogen (secondary N) is 1. The van der Waals surface area contributed by atoms with Crippen molar-refractivity contribution in [1.29, 1.82) is 0 Å². The van der Waals surface area contributed by atoms with E-state index in [4.69, 9.17) is 11.6 Å². The van der Waals surface area contributed by atoms with Crippen molar-refractivity contribution >= 4 is 58.1 Å². The molecule has 2 rings (SSSR count). The Morgan fingerprint density at radius 3 is 2.74 bits per heavy atom. The number of thioether (sulfide) groups is 2. The predicted molar refractivity (Wildman–Crippen MR) is 101 cm³/mol. The molecule has 0 bridgehead atoms. The highest BCUT2D eigenvalue weighted by Gasteiger charge is 2.17. The first kappa shape index (κ1) is 18.6. The lowest BCUT2D eigenvalue weighted by atomic mass is 10.3. The minimum absolute atomic E-state index is 0.0798. The molecule has 0 unspecified atom stereocenters. The summed E-state index contributed by atoms with van der Waals surface area (Å²) < 4.78 is 1.76. The fourth-order valence-electron chi connectivity index (χ4n) is 1.56. The average molecular weight is 388 g/mol. The van der Waals surface area contributed by atoms with E-state index >= 15 is 0 Å². The van der Waals surface area contributed by atoms with E-state index in [1.165, 1.54) is 23.1 Å². The second-order valence-corrected chi connectivity index (χ2v) is 9.57. The Balaban J connectivity index is 1.88. The minimum Gasteiger partial charge on any atom is -0.325 e. The number of anilines is 1. The zero-order valence-corrected chi connectivity index (χ0v) is 16.3. The molecule has 0 spiro atoms. The summed E-state index contributed by atoms with van der Waals surface area (Å²) in [4.78, 5) is 12.2. The van der Waals surface area contributed by atoms with E-state index in [0.29, 0.717) is 16.6 Å². The summed E-state index contributed by atoms with van der Waals surface area (Å²) in [5.74, 6) is 1.55. The Morgan fingerprint density at radius 1 is 1.30 bits per heavy atom. The van der Waals surface area contributed by atoms with Crippen LogP contribution in [-0.4, -0.2) is 27.1 Å². The van der Waals surface area contributed by atoms with Crippen LogP contribution < -0.4 is 5.32 Å². The molecule has 4 nitrogen and oxygen atoms in total. The van der Waals surface area contributed by atoms with Gasteiger partial charge in [-0.1, -0.05) is 66.4 Å². The van der Waals surface area contributed by atoms with Crippen molar-refractivity contribution in [2.75, 3.05) is 11.1 Å². The van der Waals surface area contributed by atoms with E-state index < -0.39 is 0 Å². The summed E-state index contributed by atoms with van der Waals surface area (Å²) in [5.41, 5.74) is 0.695. The zero-order valence-electron chi connectivity index (χ0n) is 13.1. The molecule has 0 aliphatic rings. The summed E-state index contributed by atoms with van der Waals surface area (Å²) in [6.45, 7) is 6.20. The molecular weight excluding hydrogens is 370 g/mol. The fourth-order valence-corrected chi connectivity index (χ4v) is 4.89. The number of amides is 1. The highest BCUT2D eigenvalue weighted by Crippen LogP contribution is 2.32. The normalized spacial score (nSPS) is 12.4. The number of rotatable bonds is 7. The van der Waals surface area contributed by atoms with E-state index in [-0.39, 0.29) is 11.2 Å². The second-order valence-electron chi connectivity index (χ2n) is 5.30.